The van der Waals surface area contributed by atoms with E-state index >= 15 is 0 Å². The number of nitrogens with zero attached hydrogens (tertiary/aromatic N) is 2. The van der Waals surface area contributed by atoms with Gasteiger partial charge in [-0.15, -0.1) is 11.3 Å². The second-order valence-electron chi connectivity index (χ2n) is 7.31. The highest BCUT2D eigenvalue weighted by atomic mass is 35.5. The Bertz CT molecular complexity index is 970. The molecule has 2 aliphatic rings. The van der Waals surface area contributed by atoms with E-state index in [9.17, 15) is 10.1 Å². The van der Waals surface area contributed by atoms with E-state index in [-0.39, 0.29) is 12.0 Å². The van der Waals surface area contributed by atoms with E-state index in [2.05, 4.69) is 16.3 Å². The largest absolute Gasteiger partial charge is 0.371 e. The van der Waals surface area contributed by atoms with Gasteiger partial charge in [0.15, 0.2) is 0 Å². The van der Waals surface area contributed by atoms with Crippen molar-refractivity contribution in [2.24, 2.45) is 0 Å². The highest BCUT2D eigenvalue weighted by Crippen LogP contribution is 2.38. The molecule has 8 heteroatoms. The molecule has 2 heterocycles. The summed E-state index contributed by atoms with van der Waals surface area (Å²) in [5, 5.41) is 14.2. The van der Waals surface area contributed by atoms with Crippen molar-refractivity contribution >= 4 is 45.4 Å². The third kappa shape index (κ3) is 4.60. The van der Waals surface area contributed by atoms with E-state index in [1.807, 2.05) is 12.1 Å². The summed E-state index contributed by atoms with van der Waals surface area (Å²) in [7, 11) is 0. The lowest BCUT2D eigenvalue weighted by Gasteiger charge is -2.33. The summed E-state index contributed by atoms with van der Waals surface area (Å²) in [6, 6.07) is 7.81. The van der Waals surface area contributed by atoms with Crippen molar-refractivity contribution < 1.29 is 9.53 Å². The van der Waals surface area contributed by atoms with E-state index in [1.54, 1.807) is 17.4 Å². The molecule has 1 aliphatic heterocycles. The lowest BCUT2D eigenvalue weighted by Crippen LogP contribution is -2.39. The van der Waals surface area contributed by atoms with Gasteiger partial charge in [-0.3, -0.25) is 9.69 Å². The number of halogens is 2. The lowest BCUT2D eigenvalue weighted by atomic mass is 10.1. The van der Waals surface area contributed by atoms with Crippen LogP contribution in [0.4, 0.5) is 5.00 Å². The molecule has 29 heavy (non-hydrogen) atoms. The van der Waals surface area contributed by atoms with Crippen molar-refractivity contribution in [3.8, 4) is 6.07 Å². The molecule has 0 radical (unpaired) electrons. The summed E-state index contributed by atoms with van der Waals surface area (Å²) in [5.74, 6) is -0.0565. The summed E-state index contributed by atoms with van der Waals surface area (Å²) in [6.07, 6.45) is 3.33. The third-order valence-corrected chi connectivity index (χ3v) is 7.35. The van der Waals surface area contributed by atoms with Gasteiger partial charge in [-0.05, 0) is 42.5 Å². The Morgan fingerprint density at radius 1 is 1.34 bits per heavy atom. The topological polar surface area (TPSA) is 65.4 Å². The number of thiophene rings is 1. The zero-order valence-electron chi connectivity index (χ0n) is 15.8. The fourth-order valence-corrected chi connectivity index (χ4v) is 5.44. The Morgan fingerprint density at radius 3 is 3.00 bits per heavy atom. The average molecular weight is 450 g/mol. The number of anilines is 1. The molecule has 5 nitrogen and oxygen atoms in total. The number of aryl methyl sites for hydroxylation is 1. The number of fused-ring (bicyclic) bond motifs is 1. The number of hydrogen-bond donors (Lipinski definition) is 1. The number of nitrogens with one attached hydrogen (secondary N) is 1. The molecule has 1 aliphatic carbocycles. The third-order valence-electron chi connectivity index (χ3n) is 5.41. The number of rotatable bonds is 5. The standard InChI is InChI=1S/C21H21Cl2N3O2S/c22-16-5-4-13(10-17(16)23)18-12-26(8-9-28-18)7-6-20(27)25-21-15(11-24)14-2-1-3-19(14)29-21/h4-5,10,18H,1-3,6-9,12H2,(H,25,27). The number of morpholine rings is 1. The fourth-order valence-electron chi connectivity index (χ4n) is 3.88. The average Bonchev–Trinajstić information content (AvgIpc) is 3.29. The molecule has 1 atom stereocenters. The molecule has 1 saturated heterocycles. The molecule has 0 spiro atoms. The first kappa shape index (κ1) is 20.6. The maximum Gasteiger partial charge on any atom is 0.226 e. The van der Waals surface area contributed by atoms with E-state index in [0.29, 0.717) is 46.7 Å². The first-order chi connectivity index (χ1) is 14.0. The van der Waals surface area contributed by atoms with Crippen LogP contribution in [0.25, 0.3) is 0 Å². The number of hydrogen-bond acceptors (Lipinski definition) is 5. The van der Waals surface area contributed by atoms with Gasteiger partial charge in [-0.2, -0.15) is 5.26 Å². The number of benzene rings is 1. The van der Waals surface area contributed by atoms with Gasteiger partial charge in [0.25, 0.3) is 0 Å². The quantitative estimate of drug-likeness (QED) is 0.710. The number of carbonyl (C=O) groups excluding carboxylic acids is 1. The molecule has 0 bridgehead atoms. The van der Waals surface area contributed by atoms with Gasteiger partial charge in [0.2, 0.25) is 5.91 Å². The maximum atomic E-state index is 12.5. The summed E-state index contributed by atoms with van der Waals surface area (Å²) in [4.78, 5) is 15.9. The highest BCUT2D eigenvalue weighted by molar-refractivity contribution is 7.16. The minimum atomic E-state index is -0.0907. The van der Waals surface area contributed by atoms with Crippen LogP contribution in [-0.2, 0) is 22.4 Å². The Labute approximate surface area is 184 Å². The second kappa shape index (κ2) is 9.03. The van der Waals surface area contributed by atoms with Crippen LogP contribution in [-0.4, -0.2) is 37.0 Å². The Morgan fingerprint density at radius 2 is 2.21 bits per heavy atom. The van der Waals surface area contributed by atoms with Crippen LogP contribution in [0.2, 0.25) is 10.0 Å². The van der Waals surface area contributed by atoms with Gasteiger partial charge in [0, 0.05) is 30.9 Å². The first-order valence-electron chi connectivity index (χ1n) is 9.68. The first-order valence-corrected chi connectivity index (χ1v) is 11.3. The van der Waals surface area contributed by atoms with Crippen LogP contribution < -0.4 is 5.32 Å². The Kier molecular flexibility index (Phi) is 6.43. The molecule has 4 rings (SSSR count). The molecule has 1 aromatic heterocycles. The second-order valence-corrected chi connectivity index (χ2v) is 9.22. The van der Waals surface area contributed by atoms with Gasteiger partial charge in [0.05, 0.1) is 28.3 Å². The van der Waals surface area contributed by atoms with E-state index in [1.165, 1.54) is 4.88 Å². The normalized spacial score (nSPS) is 19.0. The summed E-state index contributed by atoms with van der Waals surface area (Å²) < 4.78 is 5.88. The van der Waals surface area contributed by atoms with Crippen molar-refractivity contribution in [2.75, 3.05) is 31.6 Å². The lowest BCUT2D eigenvalue weighted by molar-refractivity contribution is -0.117. The molecule has 1 unspecified atom stereocenters. The van der Waals surface area contributed by atoms with E-state index in [0.717, 1.165) is 36.9 Å². The molecule has 152 valence electrons. The van der Waals surface area contributed by atoms with Crippen molar-refractivity contribution in [3.05, 3.63) is 49.8 Å². The van der Waals surface area contributed by atoms with Gasteiger partial charge >= 0.3 is 0 Å². The van der Waals surface area contributed by atoms with E-state index < -0.39 is 0 Å². The summed E-state index contributed by atoms with van der Waals surface area (Å²) >= 11 is 13.7. The molecule has 1 N–H and O–H groups in total. The summed E-state index contributed by atoms with van der Waals surface area (Å²) in [5.41, 5.74) is 2.77. The zero-order valence-corrected chi connectivity index (χ0v) is 18.2. The van der Waals surface area contributed by atoms with Crippen LogP contribution in [0.5, 0.6) is 0 Å². The van der Waals surface area contributed by atoms with Crippen LogP contribution in [0.3, 0.4) is 0 Å². The van der Waals surface area contributed by atoms with E-state index in [4.69, 9.17) is 27.9 Å². The minimum absolute atomic E-state index is 0.0565. The molecule has 2 aromatic rings. The number of carbonyl (C=O) groups is 1. The SMILES string of the molecule is N#Cc1c(NC(=O)CCN2CCOC(c3ccc(Cl)c(Cl)c3)C2)sc2c1CCC2. The molecule has 0 saturated carbocycles. The maximum absolute atomic E-state index is 12.5. The molecular weight excluding hydrogens is 429 g/mol. The fraction of sp³-hybridized carbons (Fsp3) is 0.429. The Hall–Kier alpha value is -1.62. The van der Waals surface area contributed by atoms with Crippen molar-refractivity contribution in [1.82, 2.24) is 4.90 Å². The minimum Gasteiger partial charge on any atom is -0.371 e. The summed E-state index contributed by atoms with van der Waals surface area (Å²) in [6.45, 7) is 2.71. The van der Waals surface area contributed by atoms with Crippen molar-refractivity contribution in [1.29, 1.82) is 5.26 Å². The van der Waals surface area contributed by atoms with Crippen molar-refractivity contribution in [3.63, 3.8) is 0 Å². The smallest absolute Gasteiger partial charge is 0.226 e. The van der Waals surface area contributed by atoms with Gasteiger partial charge in [-0.25, -0.2) is 0 Å². The Balaban J connectivity index is 1.32. The van der Waals surface area contributed by atoms with Gasteiger partial charge in [-0.1, -0.05) is 29.3 Å². The number of nitriles is 1. The van der Waals surface area contributed by atoms with Crippen LogP contribution >= 0.6 is 34.5 Å². The van der Waals surface area contributed by atoms with Crippen molar-refractivity contribution in [2.45, 2.75) is 31.8 Å². The number of ether oxygens (including phenoxy) is 1. The predicted molar refractivity (Wildman–Crippen MR) is 116 cm³/mol. The highest BCUT2D eigenvalue weighted by Gasteiger charge is 2.25. The molecule has 1 amide bonds. The van der Waals surface area contributed by atoms with Crippen LogP contribution in [0.15, 0.2) is 18.2 Å². The van der Waals surface area contributed by atoms with Crippen LogP contribution in [0, 0.1) is 11.3 Å². The monoisotopic (exact) mass is 449 g/mol. The molecule has 1 fully saturated rings. The molecule has 1 aromatic carbocycles. The van der Waals surface area contributed by atoms with Crippen LogP contribution in [0.1, 0.15) is 40.5 Å². The zero-order chi connectivity index (χ0) is 20.4. The molecular formula is C21H21Cl2N3O2S. The van der Waals surface area contributed by atoms with Gasteiger partial charge < -0.3 is 10.1 Å². The van der Waals surface area contributed by atoms with Gasteiger partial charge in [0.1, 0.15) is 11.1 Å². The number of amides is 1. The predicted octanol–water partition coefficient (Wildman–Crippen LogP) is 4.82.